The zero-order valence-corrected chi connectivity index (χ0v) is 11.1. The molecule has 0 amide bonds. The second kappa shape index (κ2) is 4.78. The number of aryl methyl sites for hydroxylation is 1. The lowest BCUT2D eigenvalue weighted by molar-refractivity contribution is 0.488. The van der Waals surface area contributed by atoms with E-state index in [1.807, 2.05) is 0 Å². The first-order valence-electron chi connectivity index (χ1n) is 4.84. The fourth-order valence-electron chi connectivity index (χ4n) is 1.48. The SMILES string of the molecule is Cc1ccc(C(Br)c2cc(F)c(F)cc2Cl)o1. The van der Waals surface area contributed by atoms with Crippen LogP contribution in [0.4, 0.5) is 8.78 Å². The lowest BCUT2D eigenvalue weighted by Gasteiger charge is -2.10. The Morgan fingerprint density at radius 3 is 2.47 bits per heavy atom. The van der Waals surface area contributed by atoms with Crippen LogP contribution in [0.25, 0.3) is 0 Å². The van der Waals surface area contributed by atoms with Crippen LogP contribution < -0.4 is 0 Å². The smallest absolute Gasteiger partial charge is 0.160 e. The van der Waals surface area contributed by atoms with Crippen molar-refractivity contribution in [3.8, 4) is 0 Å². The predicted octanol–water partition coefficient (Wildman–Crippen LogP) is 5.00. The summed E-state index contributed by atoms with van der Waals surface area (Å²) in [6, 6.07) is 5.56. The first-order valence-corrected chi connectivity index (χ1v) is 6.13. The van der Waals surface area contributed by atoms with Crippen molar-refractivity contribution in [3.63, 3.8) is 0 Å². The molecule has 0 fully saturated rings. The first kappa shape index (κ1) is 12.6. The van der Waals surface area contributed by atoms with E-state index < -0.39 is 16.5 Å². The molecule has 0 radical (unpaired) electrons. The van der Waals surface area contributed by atoms with E-state index in [1.54, 1.807) is 19.1 Å². The van der Waals surface area contributed by atoms with Gasteiger partial charge in [-0.2, -0.15) is 0 Å². The molecular formula is C12H8BrClF2O. The second-order valence-corrected chi connectivity index (χ2v) is 4.92. The van der Waals surface area contributed by atoms with Crippen LogP contribution in [-0.2, 0) is 0 Å². The number of hydrogen-bond acceptors (Lipinski definition) is 1. The van der Waals surface area contributed by atoms with E-state index in [0.29, 0.717) is 11.3 Å². The molecule has 0 bridgehead atoms. The molecule has 17 heavy (non-hydrogen) atoms. The lowest BCUT2D eigenvalue weighted by atomic mass is 10.1. The maximum Gasteiger partial charge on any atom is 0.160 e. The second-order valence-electron chi connectivity index (χ2n) is 3.60. The first-order chi connectivity index (χ1) is 7.99. The van der Waals surface area contributed by atoms with Gasteiger partial charge in [0.15, 0.2) is 11.6 Å². The summed E-state index contributed by atoms with van der Waals surface area (Å²) >= 11 is 9.22. The summed E-state index contributed by atoms with van der Waals surface area (Å²) in [6.45, 7) is 1.80. The molecule has 5 heteroatoms. The summed E-state index contributed by atoms with van der Waals surface area (Å²) in [5.41, 5.74) is 0.430. The van der Waals surface area contributed by atoms with Gasteiger partial charge in [0.25, 0.3) is 0 Å². The molecule has 90 valence electrons. The minimum atomic E-state index is -0.964. The zero-order valence-electron chi connectivity index (χ0n) is 8.81. The Bertz CT molecular complexity index is 553. The Morgan fingerprint density at radius 1 is 1.24 bits per heavy atom. The highest BCUT2D eigenvalue weighted by Crippen LogP contribution is 2.36. The number of rotatable bonds is 2. The third kappa shape index (κ3) is 2.53. The summed E-state index contributed by atoms with van der Waals surface area (Å²) in [6.07, 6.45) is 0. The van der Waals surface area contributed by atoms with Crippen LogP contribution in [0.2, 0.25) is 5.02 Å². The van der Waals surface area contributed by atoms with E-state index in [2.05, 4.69) is 15.9 Å². The van der Waals surface area contributed by atoms with Gasteiger partial charge in [-0.25, -0.2) is 8.78 Å². The van der Waals surface area contributed by atoms with Crippen molar-refractivity contribution in [1.29, 1.82) is 0 Å². The summed E-state index contributed by atoms with van der Waals surface area (Å²) in [5.74, 6) is -0.565. The van der Waals surface area contributed by atoms with E-state index in [4.69, 9.17) is 16.0 Å². The maximum absolute atomic E-state index is 13.2. The van der Waals surface area contributed by atoms with Crippen molar-refractivity contribution in [1.82, 2.24) is 0 Å². The van der Waals surface area contributed by atoms with Crippen LogP contribution in [0.15, 0.2) is 28.7 Å². The average molecular weight is 322 g/mol. The number of benzene rings is 1. The molecule has 1 unspecified atom stereocenters. The summed E-state index contributed by atoms with van der Waals surface area (Å²) in [4.78, 5) is -0.404. The van der Waals surface area contributed by atoms with Gasteiger partial charge in [0.1, 0.15) is 11.5 Å². The third-order valence-corrected chi connectivity index (χ3v) is 3.60. The van der Waals surface area contributed by atoms with Crippen molar-refractivity contribution in [2.45, 2.75) is 11.8 Å². The van der Waals surface area contributed by atoms with Crippen LogP contribution >= 0.6 is 27.5 Å². The standard InChI is InChI=1S/C12H8BrClF2O/c1-6-2-3-11(17-6)12(13)7-4-9(15)10(16)5-8(7)14/h2-5,12H,1H3. The molecule has 1 aromatic carbocycles. The highest BCUT2D eigenvalue weighted by atomic mass is 79.9. The molecule has 0 spiro atoms. The van der Waals surface area contributed by atoms with Crippen LogP contribution in [0, 0.1) is 18.6 Å². The normalized spacial score (nSPS) is 12.8. The fraction of sp³-hybridized carbons (Fsp3) is 0.167. The Morgan fingerprint density at radius 2 is 1.88 bits per heavy atom. The van der Waals surface area contributed by atoms with E-state index in [0.717, 1.165) is 17.9 Å². The van der Waals surface area contributed by atoms with Gasteiger partial charge < -0.3 is 4.42 Å². The van der Waals surface area contributed by atoms with Gasteiger partial charge in [-0.05, 0) is 36.8 Å². The maximum atomic E-state index is 13.2. The molecule has 0 N–H and O–H groups in total. The van der Waals surface area contributed by atoms with Gasteiger partial charge in [0, 0.05) is 5.02 Å². The summed E-state index contributed by atoms with van der Waals surface area (Å²) in [5, 5.41) is 0.153. The molecule has 0 aliphatic carbocycles. The lowest BCUT2D eigenvalue weighted by Crippen LogP contribution is -1.95. The average Bonchev–Trinajstić information content (AvgIpc) is 2.69. The van der Waals surface area contributed by atoms with Crippen molar-refractivity contribution < 1.29 is 13.2 Å². The Balaban J connectivity index is 2.43. The molecule has 0 saturated heterocycles. The Labute approximate surface area is 111 Å². The van der Waals surface area contributed by atoms with Crippen molar-refractivity contribution in [2.24, 2.45) is 0 Å². The largest absolute Gasteiger partial charge is 0.465 e. The molecular weight excluding hydrogens is 313 g/mol. The Kier molecular flexibility index (Phi) is 3.54. The molecule has 0 aliphatic heterocycles. The van der Waals surface area contributed by atoms with Gasteiger partial charge in [0.05, 0.1) is 4.83 Å². The van der Waals surface area contributed by atoms with Gasteiger partial charge >= 0.3 is 0 Å². The summed E-state index contributed by atoms with van der Waals surface area (Å²) in [7, 11) is 0. The molecule has 0 saturated carbocycles. The monoisotopic (exact) mass is 320 g/mol. The van der Waals surface area contributed by atoms with Crippen molar-refractivity contribution in [3.05, 3.63) is 58.0 Å². The van der Waals surface area contributed by atoms with Gasteiger partial charge in [-0.15, -0.1) is 0 Å². The number of furan rings is 1. The number of hydrogen-bond donors (Lipinski definition) is 0. The van der Waals surface area contributed by atoms with E-state index in [9.17, 15) is 8.78 Å². The molecule has 1 atom stereocenters. The highest BCUT2D eigenvalue weighted by molar-refractivity contribution is 9.09. The van der Waals surface area contributed by atoms with Crippen LogP contribution in [-0.4, -0.2) is 0 Å². The number of alkyl halides is 1. The quantitative estimate of drug-likeness (QED) is 0.560. The van der Waals surface area contributed by atoms with Gasteiger partial charge in [0.2, 0.25) is 0 Å². The van der Waals surface area contributed by atoms with E-state index >= 15 is 0 Å². The third-order valence-electron chi connectivity index (χ3n) is 2.32. The van der Waals surface area contributed by atoms with Crippen LogP contribution in [0.1, 0.15) is 21.9 Å². The molecule has 0 aliphatic rings. The molecule has 1 aromatic heterocycles. The Hall–Kier alpha value is -0.870. The highest BCUT2D eigenvalue weighted by Gasteiger charge is 2.19. The molecule has 2 rings (SSSR count). The number of halogens is 4. The van der Waals surface area contributed by atoms with Gasteiger partial charge in [-0.3, -0.25) is 0 Å². The molecule has 1 heterocycles. The van der Waals surface area contributed by atoms with E-state index in [1.165, 1.54) is 0 Å². The predicted molar refractivity (Wildman–Crippen MR) is 65.6 cm³/mol. The van der Waals surface area contributed by atoms with Crippen molar-refractivity contribution in [2.75, 3.05) is 0 Å². The minimum absolute atomic E-state index is 0.153. The molecule has 1 nitrogen and oxygen atoms in total. The molecule has 2 aromatic rings. The van der Waals surface area contributed by atoms with Gasteiger partial charge in [-0.1, -0.05) is 27.5 Å². The minimum Gasteiger partial charge on any atom is -0.465 e. The van der Waals surface area contributed by atoms with Crippen LogP contribution in [0.3, 0.4) is 0 Å². The fourth-order valence-corrected chi connectivity index (χ4v) is 2.49. The topological polar surface area (TPSA) is 13.1 Å². The van der Waals surface area contributed by atoms with E-state index in [-0.39, 0.29) is 5.02 Å². The van der Waals surface area contributed by atoms with Crippen molar-refractivity contribution >= 4 is 27.5 Å². The van der Waals surface area contributed by atoms with Crippen LogP contribution in [0.5, 0.6) is 0 Å². The summed E-state index contributed by atoms with van der Waals surface area (Å²) < 4.78 is 31.5. The zero-order chi connectivity index (χ0) is 12.6.